The average molecular weight is 294 g/mol. The molecule has 2 N–H and O–H groups in total. The molecule has 0 spiro atoms. The van der Waals surface area contributed by atoms with E-state index in [0.29, 0.717) is 12.0 Å². The molecule has 1 amide bonds. The Bertz CT molecular complexity index is 535. The van der Waals surface area contributed by atoms with Gasteiger partial charge < -0.3 is 10.6 Å². The number of amides is 1. The lowest BCUT2D eigenvalue weighted by atomic mass is 9.77. The quantitative estimate of drug-likeness (QED) is 0.879. The van der Waals surface area contributed by atoms with Crippen LogP contribution in [-0.4, -0.2) is 18.0 Å². The van der Waals surface area contributed by atoms with Crippen LogP contribution in [0.2, 0.25) is 0 Å². The van der Waals surface area contributed by atoms with Gasteiger partial charge in [0.1, 0.15) is 11.6 Å². The van der Waals surface area contributed by atoms with Gasteiger partial charge in [-0.05, 0) is 43.7 Å². The predicted molar refractivity (Wildman–Crippen MR) is 76.9 cm³/mol. The Labute approximate surface area is 123 Å². The Morgan fingerprint density at radius 1 is 1.14 bits per heavy atom. The van der Waals surface area contributed by atoms with Crippen molar-refractivity contribution in [3.8, 4) is 0 Å². The summed E-state index contributed by atoms with van der Waals surface area (Å²) in [4.78, 5) is 12.2. The Kier molecular flexibility index (Phi) is 4.19. The molecular formula is C16H20F2N2O. The van der Waals surface area contributed by atoms with Gasteiger partial charge in [0.15, 0.2) is 0 Å². The van der Waals surface area contributed by atoms with Gasteiger partial charge in [0.25, 0.3) is 0 Å². The zero-order valence-electron chi connectivity index (χ0n) is 11.9. The molecule has 3 rings (SSSR count). The minimum Gasteiger partial charge on any atom is -0.322 e. The number of hydrogen-bond donors (Lipinski definition) is 2. The van der Waals surface area contributed by atoms with Crippen LogP contribution in [0.4, 0.5) is 14.5 Å². The summed E-state index contributed by atoms with van der Waals surface area (Å²) in [6.07, 6.45) is 6.58. The van der Waals surface area contributed by atoms with Gasteiger partial charge in [0.2, 0.25) is 5.91 Å². The lowest BCUT2D eigenvalue weighted by Crippen LogP contribution is -2.53. The summed E-state index contributed by atoms with van der Waals surface area (Å²) >= 11 is 0. The Balaban J connectivity index is 1.64. The van der Waals surface area contributed by atoms with Crippen molar-refractivity contribution in [3.05, 3.63) is 29.8 Å². The summed E-state index contributed by atoms with van der Waals surface area (Å²) in [5, 5.41) is 5.88. The van der Waals surface area contributed by atoms with E-state index in [-0.39, 0.29) is 17.6 Å². The Hall–Kier alpha value is -1.49. The van der Waals surface area contributed by atoms with Crippen LogP contribution in [0.3, 0.4) is 0 Å². The highest BCUT2D eigenvalue weighted by molar-refractivity contribution is 5.95. The first kappa shape index (κ1) is 14.4. The van der Waals surface area contributed by atoms with Gasteiger partial charge in [-0.15, -0.1) is 0 Å². The first-order valence-electron chi connectivity index (χ1n) is 7.65. The lowest BCUT2D eigenvalue weighted by molar-refractivity contribution is -0.119. The topological polar surface area (TPSA) is 41.1 Å². The molecule has 114 valence electrons. The molecule has 1 saturated carbocycles. The normalized spacial score (nSPS) is 28.8. The number of hydrogen-bond acceptors (Lipinski definition) is 2. The molecular weight excluding hydrogens is 274 g/mol. The molecule has 1 aliphatic heterocycles. The van der Waals surface area contributed by atoms with Gasteiger partial charge >= 0.3 is 0 Å². The number of rotatable bonds is 2. The number of halogens is 2. The van der Waals surface area contributed by atoms with Crippen LogP contribution in [0.5, 0.6) is 0 Å². The van der Waals surface area contributed by atoms with E-state index in [1.807, 2.05) is 0 Å². The summed E-state index contributed by atoms with van der Waals surface area (Å²) < 4.78 is 26.7. The molecule has 0 bridgehead atoms. The van der Waals surface area contributed by atoms with Crippen molar-refractivity contribution in [2.45, 2.75) is 50.6 Å². The molecule has 2 aliphatic rings. The third kappa shape index (κ3) is 3.23. The zero-order chi connectivity index (χ0) is 14.8. The molecule has 0 radical (unpaired) electrons. The molecule has 0 aromatic heterocycles. The summed E-state index contributed by atoms with van der Waals surface area (Å²) in [6, 6.07) is 3.15. The van der Waals surface area contributed by atoms with Crippen LogP contribution < -0.4 is 10.6 Å². The molecule has 1 heterocycles. The molecule has 2 fully saturated rings. The number of piperidine rings is 1. The lowest BCUT2D eigenvalue weighted by Gasteiger charge is -2.39. The van der Waals surface area contributed by atoms with E-state index in [0.717, 1.165) is 37.5 Å². The molecule has 1 aromatic rings. The van der Waals surface area contributed by atoms with E-state index in [2.05, 4.69) is 10.6 Å². The Morgan fingerprint density at radius 3 is 2.81 bits per heavy atom. The number of benzene rings is 1. The first-order valence-corrected chi connectivity index (χ1v) is 7.65. The van der Waals surface area contributed by atoms with E-state index in [1.54, 1.807) is 0 Å². The maximum Gasteiger partial charge on any atom is 0.241 e. The van der Waals surface area contributed by atoms with Crippen molar-refractivity contribution in [3.63, 3.8) is 0 Å². The molecule has 1 saturated heterocycles. The van der Waals surface area contributed by atoms with Gasteiger partial charge in [0.05, 0.1) is 11.7 Å². The third-order valence-electron chi connectivity index (χ3n) is 4.65. The molecule has 21 heavy (non-hydrogen) atoms. The van der Waals surface area contributed by atoms with Crippen molar-refractivity contribution < 1.29 is 13.6 Å². The maximum absolute atomic E-state index is 13.6. The van der Waals surface area contributed by atoms with Gasteiger partial charge in [-0.1, -0.05) is 12.8 Å². The van der Waals surface area contributed by atoms with E-state index in [9.17, 15) is 13.6 Å². The van der Waals surface area contributed by atoms with Gasteiger partial charge in [0, 0.05) is 12.1 Å². The number of nitrogens with one attached hydrogen (secondary N) is 2. The van der Waals surface area contributed by atoms with E-state index >= 15 is 0 Å². The van der Waals surface area contributed by atoms with Crippen molar-refractivity contribution >= 4 is 11.6 Å². The van der Waals surface area contributed by atoms with Crippen LogP contribution in [0.15, 0.2) is 18.2 Å². The number of carbonyl (C=O) groups is 1. The summed E-state index contributed by atoms with van der Waals surface area (Å²) in [5.74, 6) is -0.788. The summed E-state index contributed by atoms with van der Waals surface area (Å²) in [5.41, 5.74) is -0.0902. The monoisotopic (exact) mass is 294 g/mol. The second-order valence-electron chi connectivity index (χ2n) is 6.06. The van der Waals surface area contributed by atoms with Crippen molar-refractivity contribution in [2.75, 3.05) is 5.32 Å². The number of anilines is 1. The molecule has 3 atom stereocenters. The second-order valence-corrected chi connectivity index (χ2v) is 6.06. The number of carbonyl (C=O) groups excluding carboxylic acids is 1. The zero-order valence-corrected chi connectivity index (χ0v) is 11.9. The fraction of sp³-hybridized carbons (Fsp3) is 0.562. The Morgan fingerprint density at radius 2 is 1.95 bits per heavy atom. The van der Waals surface area contributed by atoms with Crippen LogP contribution in [-0.2, 0) is 4.79 Å². The van der Waals surface area contributed by atoms with Crippen LogP contribution in [0, 0.1) is 17.6 Å². The molecule has 1 aromatic carbocycles. The highest BCUT2D eigenvalue weighted by Gasteiger charge is 2.34. The predicted octanol–water partition coefficient (Wildman–Crippen LogP) is 3.21. The van der Waals surface area contributed by atoms with Crippen LogP contribution >= 0.6 is 0 Å². The van der Waals surface area contributed by atoms with E-state index in [1.165, 1.54) is 19.3 Å². The first-order chi connectivity index (χ1) is 10.1. The van der Waals surface area contributed by atoms with E-state index < -0.39 is 11.6 Å². The van der Waals surface area contributed by atoms with Gasteiger partial charge in [-0.25, -0.2) is 8.78 Å². The summed E-state index contributed by atoms with van der Waals surface area (Å²) in [6.45, 7) is 0. The van der Waals surface area contributed by atoms with Crippen molar-refractivity contribution in [1.82, 2.24) is 5.32 Å². The maximum atomic E-state index is 13.6. The summed E-state index contributed by atoms with van der Waals surface area (Å²) in [7, 11) is 0. The number of fused-ring (bicyclic) bond motifs is 1. The highest BCUT2D eigenvalue weighted by Crippen LogP contribution is 2.32. The fourth-order valence-electron chi connectivity index (χ4n) is 3.52. The fourth-order valence-corrected chi connectivity index (χ4v) is 3.52. The molecule has 1 aliphatic carbocycles. The van der Waals surface area contributed by atoms with Crippen molar-refractivity contribution in [2.24, 2.45) is 5.92 Å². The minimum atomic E-state index is -0.615. The molecule has 5 heteroatoms. The molecule has 3 unspecified atom stereocenters. The largest absolute Gasteiger partial charge is 0.322 e. The van der Waals surface area contributed by atoms with Crippen molar-refractivity contribution in [1.29, 1.82) is 0 Å². The van der Waals surface area contributed by atoms with Crippen LogP contribution in [0.1, 0.15) is 38.5 Å². The van der Waals surface area contributed by atoms with Crippen LogP contribution in [0.25, 0.3) is 0 Å². The SMILES string of the molecule is O=C(Nc1cc(F)ccc1F)C1CCC2CCCCC2N1. The average Bonchev–Trinajstić information content (AvgIpc) is 2.50. The third-order valence-corrected chi connectivity index (χ3v) is 4.65. The minimum absolute atomic E-state index is 0.0902. The van der Waals surface area contributed by atoms with Gasteiger partial charge in [-0.2, -0.15) is 0 Å². The second kappa shape index (κ2) is 6.10. The van der Waals surface area contributed by atoms with E-state index in [4.69, 9.17) is 0 Å². The standard InChI is InChI=1S/C16H20F2N2O/c17-11-6-7-12(18)15(9-11)20-16(21)14-8-5-10-3-1-2-4-13(10)19-14/h6-7,9-10,13-14,19H,1-5,8H2,(H,20,21). The smallest absolute Gasteiger partial charge is 0.241 e. The molecule has 3 nitrogen and oxygen atoms in total. The van der Waals surface area contributed by atoms with Gasteiger partial charge in [-0.3, -0.25) is 4.79 Å². The highest BCUT2D eigenvalue weighted by atomic mass is 19.1.